The van der Waals surface area contributed by atoms with Gasteiger partial charge in [-0.25, -0.2) is 10.0 Å². The number of ether oxygens (including phenoxy) is 2. The first kappa shape index (κ1) is 23.2. The molecule has 4 rings (SSSR count). The van der Waals surface area contributed by atoms with E-state index < -0.39 is 17.1 Å². The van der Waals surface area contributed by atoms with Gasteiger partial charge in [0, 0.05) is 30.4 Å². The molecule has 0 spiro atoms. The predicted molar refractivity (Wildman–Crippen MR) is 124 cm³/mol. The van der Waals surface area contributed by atoms with E-state index >= 15 is 0 Å². The molecule has 0 bridgehead atoms. The minimum Gasteiger partial charge on any atom is -0.595 e. The maximum absolute atomic E-state index is 13.8. The summed E-state index contributed by atoms with van der Waals surface area (Å²) < 4.78 is 12.3. The zero-order valence-corrected chi connectivity index (χ0v) is 18.8. The van der Waals surface area contributed by atoms with Crippen molar-refractivity contribution < 1.29 is 24.7 Å². The topological polar surface area (TPSA) is 131 Å². The van der Waals surface area contributed by atoms with Gasteiger partial charge in [-0.1, -0.05) is 42.5 Å². The van der Waals surface area contributed by atoms with Gasteiger partial charge >= 0.3 is 5.97 Å². The standard InChI is InChI=1S/C25H25N3O6/c1-15-14-19-21(24(29)27(15)13-12-16-6-4-3-5-7-16)20(22(23(26)34-19)25(30)33-2)17-8-10-18(11-9-17)28(31)32/h3-11,14,20,28,31H,12-13,26H2,1-2H3. The van der Waals surface area contributed by atoms with Gasteiger partial charge in [-0.05, 0) is 24.5 Å². The number of methoxy groups -OCH3 is 1. The Morgan fingerprint density at radius 2 is 1.88 bits per heavy atom. The lowest BCUT2D eigenvalue weighted by molar-refractivity contribution is -0.991. The molecule has 34 heavy (non-hydrogen) atoms. The van der Waals surface area contributed by atoms with E-state index in [4.69, 9.17) is 15.2 Å². The lowest BCUT2D eigenvalue weighted by Crippen LogP contribution is -2.99. The summed E-state index contributed by atoms with van der Waals surface area (Å²) in [5.74, 6) is -1.51. The summed E-state index contributed by atoms with van der Waals surface area (Å²) in [5.41, 5.74) is 8.41. The molecule has 0 saturated heterocycles. The summed E-state index contributed by atoms with van der Waals surface area (Å²) in [7, 11) is 1.22. The van der Waals surface area contributed by atoms with E-state index in [1.54, 1.807) is 22.8 Å². The second kappa shape index (κ2) is 9.52. The highest BCUT2D eigenvalue weighted by atomic mass is 16.8. The molecule has 3 aromatic rings. The molecule has 1 aromatic heterocycles. The number of nitrogens with two attached hydrogens (primary N) is 1. The number of hydrogen-bond donors (Lipinski definition) is 3. The van der Waals surface area contributed by atoms with Crippen LogP contribution in [0.5, 0.6) is 5.75 Å². The molecule has 2 atom stereocenters. The molecule has 2 unspecified atom stereocenters. The van der Waals surface area contributed by atoms with E-state index in [0.29, 0.717) is 24.2 Å². The SMILES string of the molecule is COC(=O)C1=C(N)Oc2cc(C)n(CCc3ccccc3)c(=O)c2C1c1ccc([NH+]([O-])O)cc1. The quantitative estimate of drug-likeness (QED) is 0.374. The van der Waals surface area contributed by atoms with Crippen LogP contribution in [0.3, 0.4) is 0 Å². The van der Waals surface area contributed by atoms with E-state index in [2.05, 4.69) is 0 Å². The highest BCUT2D eigenvalue weighted by Gasteiger charge is 2.38. The fraction of sp³-hybridized carbons (Fsp3) is 0.200. The van der Waals surface area contributed by atoms with Crippen molar-refractivity contribution >= 4 is 11.7 Å². The zero-order valence-electron chi connectivity index (χ0n) is 18.8. The molecule has 1 aliphatic rings. The van der Waals surface area contributed by atoms with Crippen LogP contribution >= 0.6 is 0 Å². The van der Waals surface area contributed by atoms with Gasteiger partial charge in [0.25, 0.3) is 5.56 Å². The van der Waals surface area contributed by atoms with Crippen molar-refractivity contribution in [1.29, 1.82) is 0 Å². The van der Waals surface area contributed by atoms with Crippen molar-refractivity contribution in [1.82, 2.24) is 4.57 Å². The largest absolute Gasteiger partial charge is 0.595 e. The fourth-order valence-corrected chi connectivity index (χ4v) is 4.21. The minimum atomic E-state index is -1.08. The van der Waals surface area contributed by atoms with Gasteiger partial charge in [-0.3, -0.25) is 4.79 Å². The lowest BCUT2D eigenvalue weighted by Gasteiger charge is -2.29. The lowest BCUT2D eigenvalue weighted by atomic mass is 9.83. The number of esters is 1. The molecule has 2 heterocycles. The number of nitrogens with zero attached hydrogens (tertiary/aromatic N) is 1. The van der Waals surface area contributed by atoms with Crippen molar-refractivity contribution in [2.45, 2.75) is 25.8 Å². The second-order valence-electron chi connectivity index (χ2n) is 7.99. The second-order valence-corrected chi connectivity index (χ2v) is 7.99. The van der Waals surface area contributed by atoms with Crippen LogP contribution in [-0.2, 0) is 22.5 Å². The van der Waals surface area contributed by atoms with Crippen molar-refractivity contribution in [3.63, 3.8) is 0 Å². The molecule has 2 aromatic carbocycles. The Bertz CT molecular complexity index is 1300. The summed E-state index contributed by atoms with van der Waals surface area (Å²) in [5, 5.41) is 19.5. The van der Waals surface area contributed by atoms with Gasteiger partial charge in [0.15, 0.2) is 5.69 Å². The molecular weight excluding hydrogens is 438 g/mol. The van der Waals surface area contributed by atoms with Gasteiger partial charge in [0.1, 0.15) is 11.3 Å². The number of hydrogen-bond acceptors (Lipinski definition) is 7. The molecule has 176 valence electrons. The number of aromatic nitrogens is 1. The number of rotatable bonds is 6. The molecule has 1 aliphatic heterocycles. The third-order valence-corrected chi connectivity index (χ3v) is 5.93. The third kappa shape index (κ3) is 4.32. The van der Waals surface area contributed by atoms with Crippen LogP contribution in [0.15, 0.2) is 76.9 Å². The van der Waals surface area contributed by atoms with E-state index in [9.17, 15) is 20.0 Å². The summed E-state index contributed by atoms with van der Waals surface area (Å²) in [6.45, 7) is 2.24. The highest BCUT2D eigenvalue weighted by molar-refractivity contribution is 5.92. The molecule has 4 N–H and O–H groups in total. The van der Waals surface area contributed by atoms with Crippen molar-refractivity contribution in [3.8, 4) is 5.75 Å². The summed E-state index contributed by atoms with van der Waals surface area (Å²) >= 11 is 0. The molecule has 0 saturated carbocycles. The van der Waals surface area contributed by atoms with E-state index in [0.717, 1.165) is 5.56 Å². The van der Waals surface area contributed by atoms with Crippen LogP contribution in [0.4, 0.5) is 5.69 Å². The predicted octanol–water partition coefficient (Wildman–Crippen LogP) is 1.67. The number of benzene rings is 2. The number of pyridine rings is 1. The summed E-state index contributed by atoms with van der Waals surface area (Å²) in [6.07, 6.45) is 0.640. The Balaban J connectivity index is 1.85. The Labute approximate surface area is 195 Å². The number of nitrogens with one attached hydrogen (secondary N) is 1. The molecule has 0 amide bonds. The Kier molecular flexibility index (Phi) is 6.51. The number of aryl methyl sites for hydroxylation is 2. The van der Waals surface area contributed by atoms with Crippen LogP contribution in [0.25, 0.3) is 0 Å². The van der Waals surface area contributed by atoms with E-state index in [1.165, 1.54) is 19.2 Å². The van der Waals surface area contributed by atoms with E-state index in [1.807, 2.05) is 37.3 Å². The van der Waals surface area contributed by atoms with E-state index in [-0.39, 0.29) is 34.0 Å². The Morgan fingerprint density at radius 1 is 1.21 bits per heavy atom. The first-order valence-corrected chi connectivity index (χ1v) is 10.7. The smallest absolute Gasteiger partial charge is 0.340 e. The number of carbonyl (C=O) groups is 1. The normalized spacial score (nSPS) is 15.9. The molecule has 9 nitrogen and oxygen atoms in total. The molecule has 0 radical (unpaired) electrons. The van der Waals surface area contributed by atoms with Crippen molar-refractivity contribution in [2.24, 2.45) is 5.73 Å². The molecule has 9 heteroatoms. The van der Waals surface area contributed by atoms with Gasteiger partial charge in [-0.2, -0.15) is 5.23 Å². The van der Waals surface area contributed by atoms with Crippen LogP contribution < -0.4 is 21.3 Å². The Hall–Kier alpha value is -3.92. The fourth-order valence-electron chi connectivity index (χ4n) is 4.21. The van der Waals surface area contributed by atoms with Crippen LogP contribution in [0, 0.1) is 12.1 Å². The van der Waals surface area contributed by atoms with Crippen LogP contribution in [0.2, 0.25) is 0 Å². The maximum Gasteiger partial charge on any atom is 0.340 e. The summed E-state index contributed by atoms with van der Waals surface area (Å²) in [4.78, 5) is 26.4. The number of fused-ring (bicyclic) bond motifs is 1. The van der Waals surface area contributed by atoms with Gasteiger partial charge in [0.05, 0.1) is 18.6 Å². The molecule has 0 aliphatic carbocycles. The third-order valence-electron chi connectivity index (χ3n) is 5.93. The van der Waals surface area contributed by atoms with Gasteiger partial charge < -0.3 is 25.0 Å². The van der Waals surface area contributed by atoms with Crippen LogP contribution in [-0.4, -0.2) is 22.9 Å². The van der Waals surface area contributed by atoms with Crippen molar-refractivity contribution in [2.75, 3.05) is 7.11 Å². The monoisotopic (exact) mass is 463 g/mol. The summed E-state index contributed by atoms with van der Waals surface area (Å²) in [6, 6.07) is 17.5. The molecule has 0 fully saturated rings. The van der Waals surface area contributed by atoms with Crippen LogP contribution in [0.1, 0.15) is 28.3 Å². The Morgan fingerprint density at radius 3 is 2.50 bits per heavy atom. The van der Waals surface area contributed by atoms with Gasteiger partial charge in [-0.15, -0.1) is 0 Å². The first-order chi connectivity index (χ1) is 16.3. The number of quaternary nitrogens is 1. The number of carbonyl (C=O) groups excluding carboxylic acids is 1. The minimum absolute atomic E-state index is 0.00589. The van der Waals surface area contributed by atoms with Crippen molar-refractivity contribution in [3.05, 3.63) is 110 Å². The first-order valence-electron chi connectivity index (χ1n) is 10.7. The van der Waals surface area contributed by atoms with Gasteiger partial charge in [0.2, 0.25) is 5.88 Å². The average Bonchev–Trinajstić information content (AvgIpc) is 2.83. The molecular formula is C25H25N3O6. The average molecular weight is 463 g/mol. The zero-order chi connectivity index (χ0) is 24.4. The highest BCUT2D eigenvalue weighted by Crippen LogP contribution is 2.41. The maximum atomic E-state index is 13.8.